The summed E-state index contributed by atoms with van der Waals surface area (Å²) in [5.41, 5.74) is 5.98. The van der Waals surface area contributed by atoms with Crippen LogP contribution in [0, 0.1) is 13.8 Å². The van der Waals surface area contributed by atoms with Gasteiger partial charge in [0.05, 0.1) is 29.7 Å². The van der Waals surface area contributed by atoms with Gasteiger partial charge in [0.25, 0.3) is 0 Å². The molecule has 1 fully saturated rings. The Bertz CT molecular complexity index is 1200. The second-order valence-corrected chi connectivity index (χ2v) is 8.15. The van der Waals surface area contributed by atoms with E-state index < -0.39 is 0 Å². The lowest BCUT2D eigenvalue weighted by Crippen LogP contribution is -2.38. The minimum absolute atomic E-state index is 0.0524. The van der Waals surface area contributed by atoms with Crippen molar-refractivity contribution in [2.75, 3.05) is 25.0 Å². The molecule has 4 aromatic rings. The van der Waals surface area contributed by atoms with Crippen LogP contribution in [0.3, 0.4) is 0 Å². The first-order valence-corrected chi connectivity index (χ1v) is 10.9. The standard InChI is InChI=1S/C25H26N6O/c1-17-13-18(2)29-25(28-17)30-20-7-8-23(27-14-20)24-16-31(11-12-32-24)15-19-9-10-26-22-6-4-3-5-21(19)22/h3-10,13-14,24H,11-12,15-16H2,1-2H3,(H,28,29,30)/t24-/m1/s1. The molecule has 162 valence electrons. The van der Waals surface area contributed by atoms with Gasteiger partial charge in [0, 0.05) is 42.6 Å². The Morgan fingerprint density at radius 3 is 2.69 bits per heavy atom. The predicted molar refractivity (Wildman–Crippen MR) is 125 cm³/mol. The van der Waals surface area contributed by atoms with E-state index in [1.54, 1.807) is 0 Å². The summed E-state index contributed by atoms with van der Waals surface area (Å²) in [6, 6.07) is 16.4. The van der Waals surface area contributed by atoms with Gasteiger partial charge in [0.2, 0.25) is 5.95 Å². The Kier molecular flexibility index (Phi) is 5.75. The highest BCUT2D eigenvalue weighted by Crippen LogP contribution is 2.25. The van der Waals surface area contributed by atoms with Crippen LogP contribution in [0.2, 0.25) is 0 Å². The fourth-order valence-corrected chi connectivity index (χ4v) is 4.14. The zero-order valence-corrected chi connectivity index (χ0v) is 18.3. The van der Waals surface area contributed by atoms with Crippen LogP contribution < -0.4 is 5.32 Å². The Balaban J connectivity index is 1.27. The Labute approximate surface area is 187 Å². The van der Waals surface area contributed by atoms with Crippen molar-refractivity contribution in [3.63, 3.8) is 0 Å². The molecule has 5 rings (SSSR count). The summed E-state index contributed by atoms with van der Waals surface area (Å²) in [4.78, 5) is 20.4. The molecule has 4 heterocycles. The second kappa shape index (κ2) is 8.98. The molecule has 7 heteroatoms. The van der Waals surface area contributed by atoms with Crippen LogP contribution in [-0.4, -0.2) is 44.5 Å². The average Bonchev–Trinajstić information content (AvgIpc) is 2.79. The lowest BCUT2D eigenvalue weighted by Gasteiger charge is -2.32. The molecule has 0 unspecified atom stereocenters. The Hall–Kier alpha value is -3.42. The van der Waals surface area contributed by atoms with Gasteiger partial charge in [0.1, 0.15) is 6.10 Å². The van der Waals surface area contributed by atoms with Crippen LogP contribution in [-0.2, 0) is 11.3 Å². The molecule has 1 atom stereocenters. The quantitative estimate of drug-likeness (QED) is 0.508. The number of rotatable bonds is 5. The van der Waals surface area contributed by atoms with E-state index in [1.165, 1.54) is 10.9 Å². The van der Waals surface area contributed by atoms with Gasteiger partial charge >= 0.3 is 0 Å². The Morgan fingerprint density at radius 1 is 1.03 bits per heavy atom. The summed E-state index contributed by atoms with van der Waals surface area (Å²) in [7, 11) is 0. The minimum Gasteiger partial charge on any atom is -0.369 e. The van der Waals surface area contributed by atoms with E-state index in [9.17, 15) is 0 Å². The van der Waals surface area contributed by atoms with E-state index in [2.05, 4.69) is 54.4 Å². The van der Waals surface area contributed by atoms with Crippen LogP contribution in [0.5, 0.6) is 0 Å². The third-order valence-corrected chi connectivity index (χ3v) is 5.64. The largest absolute Gasteiger partial charge is 0.369 e. The van der Waals surface area contributed by atoms with Crippen molar-refractivity contribution in [1.82, 2.24) is 24.8 Å². The summed E-state index contributed by atoms with van der Waals surface area (Å²) in [5.74, 6) is 0.585. The summed E-state index contributed by atoms with van der Waals surface area (Å²) < 4.78 is 6.05. The van der Waals surface area contributed by atoms with E-state index in [0.717, 1.165) is 47.9 Å². The van der Waals surface area contributed by atoms with Crippen LogP contribution in [0.15, 0.2) is 60.9 Å². The molecule has 32 heavy (non-hydrogen) atoms. The number of anilines is 2. The molecular weight excluding hydrogens is 400 g/mol. The SMILES string of the molecule is Cc1cc(C)nc(Nc2ccc([C@H]3CN(Cc4ccnc5ccccc45)CCO3)nc2)n1. The number of nitrogens with one attached hydrogen (secondary N) is 1. The second-order valence-electron chi connectivity index (χ2n) is 8.15. The van der Waals surface area contributed by atoms with E-state index in [4.69, 9.17) is 4.74 Å². The van der Waals surface area contributed by atoms with Gasteiger partial charge in [-0.25, -0.2) is 9.97 Å². The highest BCUT2D eigenvalue weighted by Gasteiger charge is 2.23. The molecule has 0 aliphatic carbocycles. The zero-order valence-electron chi connectivity index (χ0n) is 18.3. The number of para-hydroxylation sites is 1. The maximum atomic E-state index is 6.05. The number of hydrogen-bond acceptors (Lipinski definition) is 7. The highest BCUT2D eigenvalue weighted by molar-refractivity contribution is 5.81. The number of ether oxygens (including phenoxy) is 1. The molecule has 1 aliphatic heterocycles. The van der Waals surface area contributed by atoms with Crippen LogP contribution in [0.25, 0.3) is 10.9 Å². The summed E-state index contributed by atoms with van der Waals surface area (Å²) >= 11 is 0. The molecule has 0 radical (unpaired) electrons. The third kappa shape index (κ3) is 4.59. The summed E-state index contributed by atoms with van der Waals surface area (Å²) in [5, 5.41) is 4.44. The van der Waals surface area contributed by atoms with Crippen molar-refractivity contribution in [1.29, 1.82) is 0 Å². The normalized spacial score (nSPS) is 16.9. The smallest absolute Gasteiger partial charge is 0.227 e. The molecule has 1 aromatic carbocycles. The van der Waals surface area contributed by atoms with E-state index in [-0.39, 0.29) is 6.10 Å². The third-order valence-electron chi connectivity index (χ3n) is 5.64. The fraction of sp³-hybridized carbons (Fsp3) is 0.280. The van der Waals surface area contributed by atoms with Crippen molar-refractivity contribution in [3.8, 4) is 0 Å². The summed E-state index contributed by atoms with van der Waals surface area (Å²) in [6.45, 7) is 7.18. The van der Waals surface area contributed by atoms with Crippen molar-refractivity contribution < 1.29 is 4.74 Å². The molecule has 0 spiro atoms. The first kappa shape index (κ1) is 20.5. The fourth-order valence-electron chi connectivity index (χ4n) is 4.14. The number of fused-ring (bicyclic) bond motifs is 1. The van der Waals surface area contributed by atoms with Crippen molar-refractivity contribution in [2.24, 2.45) is 0 Å². The van der Waals surface area contributed by atoms with Crippen LogP contribution >= 0.6 is 0 Å². The lowest BCUT2D eigenvalue weighted by atomic mass is 10.1. The zero-order chi connectivity index (χ0) is 21.9. The van der Waals surface area contributed by atoms with Crippen LogP contribution in [0.1, 0.15) is 28.7 Å². The first-order valence-electron chi connectivity index (χ1n) is 10.9. The average molecular weight is 427 g/mol. The van der Waals surface area contributed by atoms with Gasteiger partial charge in [0.15, 0.2) is 0 Å². The van der Waals surface area contributed by atoms with Crippen molar-refractivity contribution >= 4 is 22.5 Å². The molecule has 0 amide bonds. The van der Waals surface area contributed by atoms with Crippen molar-refractivity contribution in [3.05, 3.63) is 83.6 Å². The maximum Gasteiger partial charge on any atom is 0.227 e. The number of pyridine rings is 2. The lowest BCUT2D eigenvalue weighted by molar-refractivity contribution is -0.0348. The summed E-state index contributed by atoms with van der Waals surface area (Å²) in [6.07, 6.45) is 3.65. The van der Waals surface area contributed by atoms with Crippen molar-refractivity contribution in [2.45, 2.75) is 26.5 Å². The van der Waals surface area contributed by atoms with Gasteiger partial charge in [-0.3, -0.25) is 14.9 Å². The molecule has 0 bridgehead atoms. The van der Waals surface area contributed by atoms with Gasteiger partial charge < -0.3 is 10.1 Å². The number of hydrogen-bond donors (Lipinski definition) is 1. The van der Waals surface area contributed by atoms with Gasteiger partial charge in [-0.2, -0.15) is 0 Å². The molecule has 1 N–H and O–H groups in total. The van der Waals surface area contributed by atoms with E-state index in [0.29, 0.717) is 12.6 Å². The highest BCUT2D eigenvalue weighted by atomic mass is 16.5. The monoisotopic (exact) mass is 426 g/mol. The molecular formula is C25H26N6O. The number of aromatic nitrogens is 4. The molecule has 1 saturated heterocycles. The van der Waals surface area contributed by atoms with Crippen LogP contribution in [0.4, 0.5) is 11.6 Å². The number of benzene rings is 1. The molecule has 1 aliphatic rings. The van der Waals surface area contributed by atoms with Gasteiger partial charge in [-0.15, -0.1) is 0 Å². The van der Waals surface area contributed by atoms with E-state index in [1.807, 2.05) is 50.5 Å². The first-order chi connectivity index (χ1) is 15.6. The molecule has 7 nitrogen and oxygen atoms in total. The number of nitrogens with zero attached hydrogens (tertiary/aromatic N) is 5. The molecule has 0 saturated carbocycles. The minimum atomic E-state index is -0.0524. The molecule has 3 aromatic heterocycles. The van der Waals surface area contributed by atoms with E-state index >= 15 is 0 Å². The maximum absolute atomic E-state index is 6.05. The Morgan fingerprint density at radius 2 is 1.88 bits per heavy atom. The predicted octanol–water partition coefficient (Wildman–Crippen LogP) is 4.35. The number of aryl methyl sites for hydroxylation is 2. The number of morpholine rings is 1. The topological polar surface area (TPSA) is 76.1 Å². The van der Waals surface area contributed by atoms with Gasteiger partial charge in [-0.1, -0.05) is 18.2 Å². The van der Waals surface area contributed by atoms with Gasteiger partial charge in [-0.05, 0) is 49.7 Å².